The van der Waals surface area contributed by atoms with Gasteiger partial charge in [0.1, 0.15) is 11.4 Å². The molecule has 0 saturated carbocycles. The minimum absolute atomic E-state index is 0.0132. The van der Waals surface area contributed by atoms with Gasteiger partial charge in [-0.15, -0.1) is 0 Å². The summed E-state index contributed by atoms with van der Waals surface area (Å²) in [5.41, 5.74) is -0.781. The first-order valence-corrected chi connectivity index (χ1v) is 5.67. The zero-order valence-electron chi connectivity index (χ0n) is 9.78. The molecule has 0 spiro atoms. The molecular weight excluding hydrogens is 205 g/mol. The van der Waals surface area contributed by atoms with Crippen molar-refractivity contribution in [3.8, 4) is 5.75 Å². The summed E-state index contributed by atoms with van der Waals surface area (Å²) >= 11 is 0. The summed E-state index contributed by atoms with van der Waals surface area (Å²) in [6, 6.07) is 6.54. The maximum Gasteiger partial charge on any atom is 0.137 e. The molecular formula is C13H18FNO. The smallest absolute Gasteiger partial charge is 0.137 e. The summed E-state index contributed by atoms with van der Waals surface area (Å²) in [5.74, 6) is 0.145. The number of likely N-dealkylation sites (tertiary alicyclic amines) is 1. The van der Waals surface area contributed by atoms with E-state index >= 15 is 0 Å². The molecule has 1 saturated heterocycles. The van der Waals surface area contributed by atoms with E-state index in [2.05, 4.69) is 4.90 Å². The van der Waals surface area contributed by atoms with Gasteiger partial charge in [0.25, 0.3) is 0 Å². The fourth-order valence-electron chi connectivity index (χ4n) is 2.42. The Labute approximate surface area is 95.7 Å². The molecule has 0 amide bonds. The van der Waals surface area contributed by atoms with Gasteiger partial charge in [0, 0.05) is 12.5 Å². The van der Waals surface area contributed by atoms with Gasteiger partial charge in [0.2, 0.25) is 0 Å². The van der Waals surface area contributed by atoms with Crippen LogP contribution in [0.1, 0.15) is 18.9 Å². The predicted octanol–water partition coefficient (Wildman–Crippen LogP) is 2.53. The highest BCUT2D eigenvalue weighted by Gasteiger charge is 2.39. The third kappa shape index (κ3) is 2.05. The van der Waals surface area contributed by atoms with Crippen molar-refractivity contribution in [1.29, 1.82) is 0 Å². The van der Waals surface area contributed by atoms with Crippen molar-refractivity contribution < 1.29 is 9.50 Å². The number of aromatic hydroxyl groups is 1. The van der Waals surface area contributed by atoms with Crippen LogP contribution in [-0.4, -0.2) is 30.1 Å². The number of benzene rings is 1. The summed E-state index contributed by atoms with van der Waals surface area (Å²) < 4.78 is 14.7. The van der Waals surface area contributed by atoms with E-state index in [4.69, 9.17) is 0 Å². The minimum Gasteiger partial charge on any atom is -0.508 e. The summed E-state index contributed by atoms with van der Waals surface area (Å²) in [5, 5.41) is 9.39. The molecule has 0 aliphatic carbocycles. The first kappa shape index (κ1) is 11.4. The molecule has 1 N–H and O–H groups in total. The Kier molecular flexibility index (Phi) is 2.89. The Morgan fingerprint density at radius 3 is 2.81 bits per heavy atom. The number of nitrogens with zero attached hydrogens (tertiary/aromatic N) is 1. The first-order chi connectivity index (χ1) is 7.50. The number of alkyl halides is 1. The summed E-state index contributed by atoms with van der Waals surface area (Å²) in [7, 11) is 2.01. The third-order valence-electron chi connectivity index (χ3n) is 3.57. The molecule has 1 heterocycles. The van der Waals surface area contributed by atoms with Crippen molar-refractivity contribution >= 4 is 0 Å². The standard InChI is InChI=1S/C13H18FNO/c1-13(14,11-6-7-15(2)9-11)10-4-3-5-12(16)8-10/h3-5,8,11,16H,6-7,9H2,1-2H3. The fourth-order valence-corrected chi connectivity index (χ4v) is 2.42. The van der Waals surface area contributed by atoms with Crippen LogP contribution in [0.15, 0.2) is 24.3 Å². The lowest BCUT2D eigenvalue weighted by molar-refractivity contribution is 0.105. The van der Waals surface area contributed by atoms with Gasteiger partial charge in [0.15, 0.2) is 0 Å². The Balaban J connectivity index is 2.24. The van der Waals surface area contributed by atoms with Gasteiger partial charge in [-0.3, -0.25) is 0 Å². The highest BCUT2D eigenvalue weighted by atomic mass is 19.1. The maximum atomic E-state index is 14.7. The van der Waals surface area contributed by atoms with Gasteiger partial charge in [-0.2, -0.15) is 0 Å². The molecule has 2 unspecified atom stereocenters. The number of rotatable bonds is 2. The van der Waals surface area contributed by atoms with Crippen LogP contribution in [-0.2, 0) is 5.67 Å². The number of phenols is 1. The van der Waals surface area contributed by atoms with Gasteiger partial charge >= 0.3 is 0 Å². The van der Waals surface area contributed by atoms with E-state index in [-0.39, 0.29) is 11.7 Å². The molecule has 2 rings (SSSR count). The van der Waals surface area contributed by atoms with Crippen LogP contribution >= 0.6 is 0 Å². The quantitative estimate of drug-likeness (QED) is 0.832. The molecule has 0 aromatic heterocycles. The van der Waals surface area contributed by atoms with Crippen molar-refractivity contribution in [2.45, 2.75) is 19.0 Å². The van der Waals surface area contributed by atoms with E-state index in [1.165, 1.54) is 6.07 Å². The summed E-state index contributed by atoms with van der Waals surface area (Å²) in [6.07, 6.45) is 0.874. The number of halogens is 1. The first-order valence-electron chi connectivity index (χ1n) is 5.67. The Morgan fingerprint density at radius 2 is 2.25 bits per heavy atom. The zero-order chi connectivity index (χ0) is 11.8. The third-order valence-corrected chi connectivity index (χ3v) is 3.57. The molecule has 0 bridgehead atoms. The van der Waals surface area contributed by atoms with E-state index in [1.54, 1.807) is 25.1 Å². The average Bonchev–Trinajstić information content (AvgIpc) is 2.65. The van der Waals surface area contributed by atoms with Gasteiger partial charge in [0.05, 0.1) is 0 Å². The molecule has 1 aromatic rings. The Morgan fingerprint density at radius 1 is 1.50 bits per heavy atom. The van der Waals surface area contributed by atoms with Crippen LogP contribution in [0.2, 0.25) is 0 Å². The van der Waals surface area contributed by atoms with Gasteiger partial charge < -0.3 is 10.0 Å². The fraction of sp³-hybridized carbons (Fsp3) is 0.538. The number of phenolic OH excluding ortho intramolecular Hbond substituents is 1. The largest absolute Gasteiger partial charge is 0.508 e. The van der Waals surface area contributed by atoms with Crippen molar-refractivity contribution in [3.63, 3.8) is 0 Å². The topological polar surface area (TPSA) is 23.5 Å². The number of hydrogen-bond acceptors (Lipinski definition) is 2. The molecule has 1 aromatic carbocycles. The van der Waals surface area contributed by atoms with E-state index in [1.807, 2.05) is 7.05 Å². The summed E-state index contributed by atoms with van der Waals surface area (Å²) in [4.78, 5) is 2.14. The second-order valence-corrected chi connectivity index (χ2v) is 4.87. The van der Waals surface area contributed by atoms with Crippen LogP contribution in [0.25, 0.3) is 0 Å². The predicted molar refractivity (Wildman–Crippen MR) is 62.2 cm³/mol. The van der Waals surface area contributed by atoms with Crippen molar-refractivity contribution in [3.05, 3.63) is 29.8 Å². The molecule has 2 nitrogen and oxygen atoms in total. The van der Waals surface area contributed by atoms with Crippen LogP contribution in [0.3, 0.4) is 0 Å². The van der Waals surface area contributed by atoms with Crippen molar-refractivity contribution in [2.75, 3.05) is 20.1 Å². The molecule has 1 aliphatic rings. The van der Waals surface area contributed by atoms with E-state index in [0.29, 0.717) is 5.56 Å². The molecule has 2 atom stereocenters. The molecule has 0 radical (unpaired) electrons. The number of hydrogen-bond donors (Lipinski definition) is 1. The monoisotopic (exact) mass is 223 g/mol. The van der Waals surface area contributed by atoms with E-state index < -0.39 is 5.67 Å². The molecule has 1 fully saturated rings. The lowest BCUT2D eigenvalue weighted by atomic mass is 9.84. The molecule has 16 heavy (non-hydrogen) atoms. The van der Waals surface area contributed by atoms with Crippen LogP contribution < -0.4 is 0 Å². The Hall–Kier alpha value is -1.09. The molecule has 3 heteroatoms. The van der Waals surface area contributed by atoms with Gasteiger partial charge in [-0.1, -0.05) is 12.1 Å². The second-order valence-electron chi connectivity index (χ2n) is 4.87. The zero-order valence-corrected chi connectivity index (χ0v) is 9.78. The Bertz CT molecular complexity index is 378. The minimum atomic E-state index is -1.36. The molecule has 88 valence electrons. The van der Waals surface area contributed by atoms with E-state index in [0.717, 1.165) is 19.5 Å². The highest BCUT2D eigenvalue weighted by molar-refractivity contribution is 5.31. The van der Waals surface area contributed by atoms with Crippen LogP contribution in [0.4, 0.5) is 4.39 Å². The van der Waals surface area contributed by atoms with Crippen molar-refractivity contribution in [1.82, 2.24) is 4.90 Å². The molecule has 1 aliphatic heterocycles. The highest BCUT2D eigenvalue weighted by Crippen LogP contribution is 2.39. The van der Waals surface area contributed by atoms with Crippen molar-refractivity contribution in [2.24, 2.45) is 5.92 Å². The normalized spacial score (nSPS) is 25.6. The summed E-state index contributed by atoms with van der Waals surface area (Å²) in [6.45, 7) is 3.34. The lowest BCUT2D eigenvalue weighted by Gasteiger charge is -2.27. The van der Waals surface area contributed by atoms with E-state index in [9.17, 15) is 9.50 Å². The van der Waals surface area contributed by atoms with Crippen LogP contribution in [0, 0.1) is 5.92 Å². The SMILES string of the molecule is CN1CCC(C(C)(F)c2cccc(O)c2)C1. The average molecular weight is 223 g/mol. The second kappa shape index (κ2) is 4.06. The lowest BCUT2D eigenvalue weighted by Crippen LogP contribution is -2.29. The van der Waals surface area contributed by atoms with Gasteiger partial charge in [-0.05, 0) is 44.6 Å². The maximum absolute atomic E-state index is 14.7. The van der Waals surface area contributed by atoms with Crippen LogP contribution in [0.5, 0.6) is 5.75 Å². The van der Waals surface area contributed by atoms with Gasteiger partial charge in [-0.25, -0.2) is 4.39 Å².